The largest absolute Gasteiger partial charge is 0.241 e. The van der Waals surface area contributed by atoms with Gasteiger partial charge in [-0.05, 0) is 36.0 Å². The van der Waals surface area contributed by atoms with Crippen molar-refractivity contribution in [1.82, 2.24) is 9.97 Å². The number of aryl methyl sites for hydroxylation is 2. The quantitative estimate of drug-likeness (QED) is 0.538. The van der Waals surface area contributed by atoms with Gasteiger partial charge in [0.25, 0.3) is 0 Å². The van der Waals surface area contributed by atoms with Crippen molar-refractivity contribution >= 4 is 0 Å². The van der Waals surface area contributed by atoms with Gasteiger partial charge in [-0.2, -0.15) is 0 Å². The average Bonchev–Trinajstić information content (AvgIpc) is 2.68. The van der Waals surface area contributed by atoms with Crippen molar-refractivity contribution in [3.05, 3.63) is 95.6 Å². The molecule has 0 atom stereocenters. The van der Waals surface area contributed by atoms with Crippen molar-refractivity contribution < 1.29 is 0 Å². The minimum Gasteiger partial charge on any atom is -0.241 e. The van der Waals surface area contributed by atoms with Crippen LogP contribution in [0.1, 0.15) is 54.6 Å². The van der Waals surface area contributed by atoms with Crippen LogP contribution in [-0.2, 0) is 12.8 Å². The molecule has 0 saturated carbocycles. The van der Waals surface area contributed by atoms with E-state index in [0.717, 1.165) is 37.9 Å². The number of hydrogen-bond acceptors (Lipinski definition) is 2. The first kappa shape index (κ1) is 17.3. The van der Waals surface area contributed by atoms with Gasteiger partial charge in [0.05, 0.1) is 0 Å². The van der Waals surface area contributed by atoms with Crippen LogP contribution >= 0.6 is 0 Å². The van der Waals surface area contributed by atoms with Crippen molar-refractivity contribution in [2.45, 2.75) is 44.9 Å². The molecule has 2 heteroatoms. The number of aromatic nitrogens is 2. The molecule has 0 saturated heterocycles. The molecule has 2 aromatic carbocycles. The van der Waals surface area contributed by atoms with Crippen LogP contribution in [0.15, 0.2) is 73.1 Å². The summed E-state index contributed by atoms with van der Waals surface area (Å²) in [6.45, 7) is 2.18. The molecule has 1 heterocycles. The number of nitrogens with zero attached hydrogens (tertiary/aromatic N) is 2. The maximum atomic E-state index is 4.53. The molecule has 0 spiro atoms. The second kappa shape index (κ2) is 9.12. The first-order chi connectivity index (χ1) is 12.4. The fraction of sp³-hybridized carbons (Fsp3) is 0.304. The predicted molar refractivity (Wildman–Crippen MR) is 104 cm³/mol. The van der Waals surface area contributed by atoms with Crippen molar-refractivity contribution in [3.8, 4) is 0 Å². The van der Waals surface area contributed by atoms with Gasteiger partial charge < -0.3 is 0 Å². The molecule has 0 aliphatic heterocycles. The number of benzene rings is 2. The summed E-state index contributed by atoms with van der Waals surface area (Å²) in [5.74, 6) is 1.39. The van der Waals surface area contributed by atoms with Gasteiger partial charge >= 0.3 is 0 Å². The Hall–Kier alpha value is -2.48. The van der Waals surface area contributed by atoms with Gasteiger partial charge in [0.1, 0.15) is 5.82 Å². The van der Waals surface area contributed by atoms with E-state index >= 15 is 0 Å². The van der Waals surface area contributed by atoms with Crippen LogP contribution in [-0.4, -0.2) is 9.97 Å². The first-order valence-electron chi connectivity index (χ1n) is 9.26. The topological polar surface area (TPSA) is 25.8 Å². The lowest BCUT2D eigenvalue weighted by Gasteiger charge is -2.18. The third kappa shape index (κ3) is 4.99. The molecule has 0 N–H and O–H groups in total. The molecule has 3 rings (SSSR count). The maximum absolute atomic E-state index is 4.53. The zero-order valence-corrected chi connectivity index (χ0v) is 14.9. The van der Waals surface area contributed by atoms with Gasteiger partial charge in [0.2, 0.25) is 0 Å². The van der Waals surface area contributed by atoms with Crippen LogP contribution in [0.3, 0.4) is 0 Å². The van der Waals surface area contributed by atoms with Gasteiger partial charge in [0, 0.05) is 24.7 Å². The van der Waals surface area contributed by atoms with Crippen molar-refractivity contribution in [1.29, 1.82) is 0 Å². The Kier molecular flexibility index (Phi) is 6.33. The summed E-state index contributed by atoms with van der Waals surface area (Å²) in [4.78, 5) is 9.06. The van der Waals surface area contributed by atoms with Crippen LogP contribution < -0.4 is 0 Å². The fourth-order valence-corrected chi connectivity index (χ4v) is 3.29. The first-order valence-corrected chi connectivity index (χ1v) is 9.26. The molecular formula is C23H26N2. The predicted octanol–water partition coefficient (Wildman–Crippen LogP) is 5.58. The minimum absolute atomic E-state index is 0.432. The third-order valence-electron chi connectivity index (χ3n) is 4.59. The lowest BCUT2D eigenvalue weighted by atomic mass is 9.87. The van der Waals surface area contributed by atoms with Gasteiger partial charge in [-0.15, -0.1) is 0 Å². The zero-order chi connectivity index (χ0) is 17.3. The second-order valence-electron chi connectivity index (χ2n) is 6.52. The smallest absolute Gasteiger partial charge is 0.128 e. The molecule has 2 nitrogen and oxygen atoms in total. The van der Waals surface area contributed by atoms with E-state index in [9.17, 15) is 0 Å². The van der Waals surface area contributed by atoms with Crippen LogP contribution in [0.25, 0.3) is 0 Å². The highest BCUT2D eigenvalue weighted by Gasteiger charge is 2.13. The second-order valence-corrected chi connectivity index (χ2v) is 6.52. The summed E-state index contributed by atoms with van der Waals surface area (Å²) in [5.41, 5.74) is 4.00. The van der Waals surface area contributed by atoms with Crippen molar-refractivity contribution in [2.24, 2.45) is 0 Å². The van der Waals surface area contributed by atoms with Crippen LogP contribution in [0, 0.1) is 0 Å². The maximum Gasteiger partial charge on any atom is 0.128 e. The lowest BCUT2D eigenvalue weighted by Crippen LogP contribution is -2.03. The molecule has 128 valence electrons. The van der Waals surface area contributed by atoms with Crippen molar-refractivity contribution in [3.63, 3.8) is 0 Å². The molecule has 0 bridgehead atoms. The Morgan fingerprint density at radius 2 is 1.32 bits per heavy atom. The van der Waals surface area contributed by atoms with Gasteiger partial charge in [-0.25, -0.2) is 9.97 Å². The molecule has 0 radical (unpaired) electrons. The Bertz CT molecular complexity index is 697. The summed E-state index contributed by atoms with van der Waals surface area (Å²) in [6, 6.07) is 21.6. The van der Waals surface area contributed by atoms with E-state index in [0.29, 0.717) is 5.92 Å². The summed E-state index contributed by atoms with van der Waals surface area (Å²) >= 11 is 0. The SMILES string of the molecule is CCCc1cnc(CCCC(c2ccccc2)c2ccccc2)nc1. The molecular weight excluding hydrogens is 304 g/mol. The summed E-state index contributed by atoms with van der Waals surface area (Å²) in [5, 5.41) is 0. The average molecular weight is 330 g/mol. The van der Waals surface area contributed by atoms with E-state index in [1.807, 2.05) is 12.4 Å². The van der Waals surface area contributed by atoms with E-state index in [1.54, 1.807) is 0 Å². The Morgan fingerprint density at radius 3 is 1.84 bits per heavy atom. The number of hydrogen-bond donors (Lipinski definition) is 0. The molecule has 0 fully saturated rings. The zero-order valence-electron chi connectivity index (χ0n) is 14.9. The van der Waals surface area contributed by atoms with Gasteiger partial charge in [-0.3, -0.25) is 0 Å². The normalized spacial score (nSPS) is 11.0. The Morgan fingerprint density at radius 1 is 0.760 bits per heavy atom. The van der Waals surface area contributed by atoms with E-state index in [4.69, 9.17) is 0 Å². The highest BCUT2D eigenvalue weighted by atomic mass is 14.9. The van der Waals surface area contributed by atoms with Gasteiger partial charge in [0.15, 0.2) is 0 Å². The summed E-state index contributed by atoms with van der Waals surface area (Å²) < 4.78 is 0. The summed E-state index contributed by atoms with van der Waals surface area (Å²) in [6.07, 6.45) is 9.29. The standard InChI is InChI=1S/C23H26N2/c1-2-10-19-17-24-23(25-18-19)16-9-15-22(20-11-5-3-6-12-20)21-13-7-4-8-14-21/h3-8,11-14,17-18,22H,2,9-10,15-16H2,1H3. The third-order valence-corrected chi connectivity index (χ3v) is 4.59. The van der Waals surface area contributed by atoms with Crippen molar-refractivity contribution in [2.75, 3.05) is 0 Å². The number of rotatable bonds is 8. The Labute approximate surface area is 151 Å². The molecule has 1 aromatic heterocycles. The van der Waals surface area contributed by atoms with E-state index < -0.39 is 0 Å². The highest BCUT2D eigenvalue weighted by molar-refractivity contribution is 5.32. The lowest BCUT2D eigenvalue weighted by molar-refractivity contribution is 0.645. The molecule has 3 aromatic rings. The molecule has 0 amide bonds. The fourth-order valence-electron chi connectivity index (χ4n) is 3.29. The van der Waals surface area contributed by atoms with E-state index in [2.05, 4.69) is 77.6 Å². The minimum atomic E-state index is 0.432. The van der Waals surface area contributed by atoms with Crippen LogP contribution in [0.2, 0.25) is 0 Å². The monoisotopic (exact) mass is 330 g/mol. The highest BCUT2D eigenvalue weighted by Crippen LogP contribution is 2.29. The molecule has 0 aliphatic rings. The van der Waals surface area contributed by atoms with E-state index in [1.165, 1.54) is 16.7 Å². The molecule has 25 heavy (non-hydrogen) atoms. The molecule has 0 aliphatic carbocycles. The van der Waals surface area contributed by atoms with E-state index in [-0.39, 0.29) is 0 Å². The Balaban J connectivity index is 1.65. The van der Waals surface area contributed by atoms with Crippen LogP contribution in [0.5, 0.6) is 0 Å². The van der Waals surface area contributed by atoms with Gasteiger partial charge in [-0.1, -0.05) is 74.0 Å². The molecule has 0 unspecified atom stereocenters. The van der Waals surface area contributed by atoms with Crippen LogP contribution in [0.4, 0.5) is 0 Å². The summed E-state index contributed by atoms with van der Waals surface area (Å²) in [7, 11) is 0.